The van der Waals surface area contributed by atoms with Gasteiger partial charge in [-0.2, -0.15) is 0 Å². The van der Waals surface area contributed by atoms with Crippen molar-refractivity contribution in [2.24, 2.45) is 11.3 Å². The van der Waals surface area contributed by atoms with Gasteiger partial charge in [0.1, 0.15) is 18.2 Å². The summed E-state index contributed by atoms with van der Waals surface area (Å²) >= 11 is 0. The van der Waals surface area contributed by atoms with Gasteiger partial charge in [0.2, 0.25) is 0 Å². The van der Waals surface area contributed by atoms with E-state index < -0.39 is 5.97 Å². The molecule has 0 aromatic heterocycles. The Hall–Kier alpha value is -3.14. The van der Waals surface area contributed by atoms with Crippen LogP contribution in [0.2, 0.25) is 0 Å². The lowest BCUT2D eigenvalue weighted by Gasteiger charge is -2.51. The quantitative estimate of drug-likeness (QED) is 0.349. The second-order valence-corrected chi connectivity index (χ2v) is 12.9. The van der Waals surface area contributed by atoms with Gasteiger partial charge in [0.25, 0.3) is 0 Å². The van der Waals surface area contributed by atoms with Gasteiger partial charge in [-0.1, -0.05) is 56.2 Å². The number of aryl methyl sites for hydroxylation is 2. The number of fused-ring (bicyclic) bond motifs is 2. The van der Waals surface area contributed by atoms with E-state index in [0.717, 1.165) is 61.0 Å². The lowest BCUT2D eigenvalue weighted by Crippen LogP contribution is -2.50. The van der Waals surface area contributed by atoms with E-state index in [2.05, 4.69) is 44.2 Å². The number of carboxylic acid groups (broad SMARTS) is 1. The Kier molecular flexibility index (Phi) is 6.56. The molecular formula is C35H39FO3. The van der Waals surface area contributed by atoms with Crippen molar-refractivity contribution >= 4 is 5.97 Å². The zero-order chi connectivity index (χ0) is 27.4. The summed E-state index contributed by atoms with van der Waals surface area (Å²) in [5.74, 6) is 0.0112. The third-order valence-electron chi connectivity index (χ3n) is 10.1. The van der Waals surface area contributed by atoms with Crippen molar-refractivity contribution in [3.05, 3.63) is 88.2 Å². The number of hydrogen-bond acceptors (Lipinski definition) is 2. The molecule has 0 aliphatic heterocycles. The first kappa shape index (κ1) is 26.1. The summed E-state index contributed by atoms with van der Waals surface area (Å²) in [5.41, 5.74) is 7.38. The number of rotatable bonds is 6. The molecule has 1 spiro atoms. The van der Waals surface area contributed by atoms with Crippen LogP contribution >= 0.6 is 0 Å². The lowest BCUT2D eigenvalue weighted by atomic mass is 9.52. The van der Waals surface area contributed by atoms with E-state index in [1.165, 1.54) is 29.5 Å². The van der Waals surface area contributed by atoms with Crippen LogP contribution in [0.15, 0.2) is 54.6 Å². The fourth-order valence-electron chi connectivity index (χ4n) is 7.83. The van der Waals surface area contributed by atoms with E-state index in [9.17, 15) is 9.90 Å². The van der Waals surface area contributed by atoms with Crippen LogP contribution in [-0.4, -0.2) is 11.1 Å². The second kappa shape index (κ2) is 9.80. The van der Waals surface area contributed by atoms with Gasteiger partial charge in [-0.15, -0.1) is 0 Å². The minimum absolute atomic E-state index is 0.158. The molecule has 0 radical (unpaired) electrons. The summed E-state index contributed by atoms with van der Waals surface area (Å²) in [4.78, 5) is 12.0. The molecule has 2 fully saturated rings. The molecule has 3 aliphatic rings. The highest BCUT2D eigenvalue weighted by Crippen LogP contribution is 2.56. The largest absolute Gasteiger partial charge is 0.489 e. The third-order valence-corrected chi connectivity index (χ3v) is 10.1. The Morgan fingerprint density at radius 3 is 2.54 bits per heavy atom. The van der Waals surface area contributed by atoms with Crippen molar-refractivity contribution in [3.8, 4) is 16.9 Å². The van der Waals surface area contributed by atoms with Crippen LogP contribution in [0.4, 0.5) is 4.39 Å². The third kappa shape index (κ3) is 4.56. The van der Waals surface area contributed by atoms with Crippen molar-refractivity contribution in [2.75, 3.05) is 0 Å². The minimum atomic E-state index is -0.673. The molecule has 204 valence electrons. The predicted molar refractivity (Wildman–Crippen MR) is 153 cm³/mol. The molecule has 3 aromatic carbocycles. The van der Waals surface area contributed by atoms with Gasteiger partial charge in [0.15, 0.2) is 0 Å². The Morgan fingerprint density at radius 2 is 1.82 bits per heavy atom. The molecule has 1 N–H and O–H groups in total. The molecule has 3 nitrogen and oxygen atoms in total. The highest BCUT2D eigenvalue weighted by atomic mass is 19.1. The minimum Gasteiger partial charge on any atom is -0.489 e. The standard InChI is InChI=1S/C35H39FO3/c1-22-8-13-32(36)28(18-22)26-12-9-23(19-27(26)29-7-5-15-34(29,2)3)21-39-25-11-10-24-6-4-16-35(31(24)20-25)17-14-30(35)33(37)38/h8-13,18-20,29-30H,4-7,14-17,21H2,1-3H3,(H,37,38)/t29-,30+,35+/m0/s1. The van der Waals surface area contributed by atoms with Crippen LogP contribution in [0.1, 0.15) is 92.5 Å². The zero-order valence-corrected chi connectivity index (χ0v) is 23.4. The highest BCUT2D eigenvalue weighted by molar-refractivity contribution is 5.75. The average molecular weight is 527 g/mol. The molecule has 0 saturated heterocycles. The van der Waals surface area contributed by atoms with E-state index in [1.807, 2.05) is 25.1 Å². The number of hydrogen-bond donors (Lipinski definition) is 1. The molecule has 0 bridgehead atoms. The van der Waals surface area contributed by atoms with E-state index in [0.29, 0.717) is 18.1 Å². The van der Waals surface area contributed by atoms with Crippen LogP contribution in [0, 0.1) is 24.1 Å². The molecule has 39 heavy (non-hydrogen) atoms. The van der Waals surface area contributed by atoms with Crippen LogP contribution in [0.3, 0.4) is 0 Å². The SMILES string of the molecule is Cc1ccc(F)c(-c2ccc(COc3ccc4c(c3)[C@]3(CCC4)CC[C@@H]3C(=O)O)cc2[C@@H]2CCCC2(C)C)c1. The first-order valence-corrected chi connectivity index (χ1v) is 14.6. The van der Waals surface area contributed by atoms with E-state index in [4.69, 9.17) is 4.74 Å². The van der Waals surface area contributed by atoms with Gasteiger partial charge in [0, 0.05) is 11.0 Å². The second-order valence-electron chi connectivity index (χ2n) is 12.9. The van der Waals surface area contributed by atoms with Gasteiger partial charge in [-0.25, -0.2) is 4.39 Å². The average Bonchev–Trinajstić information content (AvgIpc) is 3.26. The summed E-state index contributed by atoms with van der Waals surface area (Å²) in [6.07, 6.45) is 8.15. The summed E-state index contributed by atoms with van der Waals surface area (Å²) in [6, 6.07) is 18.0. The fraction of sp³-hybridized carbons (Fsp3) is 0.457. The molecule has 0 unspecified atom stereocenters. The Balaban J connectivity index is 1.31. The number of carboxylic acids is 1. The number of carbonyl (C=O) groups is 1. The maximum atomic E-state index is 15.0. The Morgan fingerprint density at radius 1 is 0.974 bits per heavy atom. The van der Waals surface area contributed by atoms with E-state index in [-0.39, 0.29) is 22.6 Å². The first-order valence-electron chi connectivity index (χ1n) is 14.6. The normalized spacial score (nSPS) is 25.2. The molecule has 6 rings (SSSR count). The number of ether oxygens (including phenoxy) is 1. The molecule has 3 aromatic rings. The summed E-state index contributed by atoms with van der Waals surface area (Å²) in [6.45, 7) is 7.09. The molecule has 2 saturated carbocycles. The monoisotopic (exact) mass is 526 g/mol. The molecule has 3 aliphatic carbocycles. The van der Waals surface area contributed by atoms with Crippen LogP contribution < -0.4 is 4.74 Å². The van der Waals surface area contributed by atoms with Gasteiger partial charge in [-0.3, -0.25) is 4.79 Å². The van der Waals surface area contributed by atoms with Crippen molar-refractivity contribution in [3.63, 3.8) is 0 Å². The Labute approximate surface area is 231 Å². The van der Waals surface area contributed by atoms with Gasteiger partial charge in [-0.05, 0) is 115 Å². The molecular weight excluding hydrogens is 487 g/mol. The maximum absolute atomic E-state index is 15.0. The smallest absolute Gasteiger partial charge is 0.307 e. The number of halogens is 1. The van der Waals surface area contributed by atoms with E-state index >= 15 is 4.39 Å². The van der Waals surface area contributed by atoms with Crippen molar-refractivity contribution in [1.29, 1.82) is 0 Å². The van der Waals surface area contributed by atoms with Crippen molar-refractivity contribution < 1.29 is 19.0 Å². The summed E-state index contributed by atoms with van der Waals surface area (Å²) < 4.78 is 21.4. The highest BCUT2D eigenvalue weighted by Gasteiger charge is 2.53. The predicted octanol–water partition coefficient (Wildman–Crippen LogP) is 8.74. The summed E-state index contributed by atoms with van der Waals surface area (Å²) in [7, 11) is 0. The molecule has 0 amide bonds. The molecule has 4 heteroatoms. The van der Waals surface area contributed by atoms with Crippen molar-refractivity contribution in [1.82, 2.24) is 0 Å². The first-order chi connectivity index (χ1) is 18.7. The van der Waals surface area contributed by atoms with Gasteiger partial charge >= 0.3 is 5.97 Å². The van der Waals surface area contributed by atoms with Crippen LogP contribution in [0.25, 0.3) is 11.1 Å². The van der Waals surface area contributed by atoms with Crippen molar-refractivity contribution in [2.45, 2.75) is 90.1 Å². The topological polar surface area (TPSA) is 46.5 Å². The number of aliphatic carboxylic acids is 1. The fourth-order valence-corrected chi connectivity index (χ4v) is 7.83. The van der Waals surface area contributed by atoms with Crippen LogP contribution in [0.5, 0.6) is 5.75 Å². The van der Waals surface area contributed by atoms with E-state index in [1.54, 1.807) is 6.07 Å². The Bertz CT molecular complexity index is 1420. The van der Waals surface area contributed by atoms with Gasteiger partial charge in [0.05, 0.1) is 5.92 Å². The zero-order valence-electron chi connectivity index (χ0n) is 23.4. The lowest BCUT2D eigenvalue weighted by molar-refractivity contribution is -0.150. The number of benzene rings is 3. The van der Waals surface area contributed by atoms with Gasteiger partial charge < -0.3 is 9.84 Å². The summed E-state index contributed by atoms with van der Waals surface area (Å²) in [5, 5.41) is 9.83. The molecule has 0 heterocycles. The maximum Gasteiger partial charge on any atom is 0.307 e. The molecule has 3 atom stereocenters. The van der Waals surface area contributed by atoms with Crippen LogP contribution in [-0.2, 0) is 23.2 Å².